The van der Waals surface area contributed by atoms with Gasteiger partial charge in [0, 0.05) is 37.9 Å². The number of aryl methyl sites for hydroxylation is 2. The highest BCUT2D eigenvalue weighted by atomic mass is 127. The molecule has 6 nitrogen and oxygen atoms in total. The SMILES string of the molecule is CN=C(NCc1ccccc1OC(C)(C)C)NCC(C)Cn1nc(C)cc1C.I. The first-order valence-electron chi connectivity index (χ1n) is 9.90. The van der Waals surface area contributed by atoms with Gasteiger partial charge in [-0.1, -0.05) is 25.1 Å². The molecule has 0 spiro atoms. The molecule has 0 radical (unpaired) electrons. The number of guanidine groups is 1. The molecule has 0 aliphatic rings. The van der Waals surface area contributed by atoms with Gasteiger partial charge in [-0.2, -0.15) is 5.10 Å². The van der Waals surface area contributed by atoms with Gasteiger partial charge in [-0.3, -0.25) is 9.67 Å². The van der Waals surface area contributed by atoms with Crippen molar-refractivity contribution in [3.63, 3.8) is 0 Å². The van der Waals surface area contributed by atoms with Gasteiger partial charge in [0.1, 0.15) is 11.4 Å². The molecule has 162 valence electrons. The molecule has 2 aromatic rings. The van der Waals surface area contributed by atoms with E-state index < -0.39 is 0 Å². The molecule has 0 saturated carbocycles. The summed E-state index contributed by atoms with van der Waals surface area (Å²) in [5.74, 6) is 2.11. The minimum Gasteiger partial charge on any atom is -0.488 e. The molecule has 2 rings (SSSR count). The van der Waals surface area contributed by atoms with E-state index in [0.29, 0.717) is 12.5 Å². The van der Waals surface area contributed by atoms with E-state index in [1.54, 1.807) is 7.05 Å². The van der Waals surface area contributed by atoms with Crippen LogP contribution in [0.25, 0.3) is 0 Å². The third-order valence-electron chi connectivity index (χ3n) is 4.26. The van der Waals surface area contributed by atoms with E-state index in [9.17, 15) is 0 Å². The Balaban J connectivity index is 0.00000420. The Hall–Kier alpha value is -1.77. The number of nitrogens with one attached hydrogen (secondary N) is 2. The maximum atomic E-state index is 6.07. The zero-order valence-corrected chi connectivity index (χ0v) is 21.1. The highest BCUT2D eigenvalue weighted by molar-refractivity contribution is 14.0. The molecule has 1 heterocycles. The largest absolute Gasteiger partial charge is 0.488 e. The van der Waals surface area contributed by atoms with Gasteiger partial charge >= 0.3 is 0 Å². The molecular weight excluding hydrogens is 477 g/mol. The van der Waals surface area contributed by atoms with Crippen molar-refractivity contribution in [3.05, 3.63) is 47.3 Å². The van der Waals surface area contributed by atoms with Crippen LogP contribution in [0.4, 0.5) is 0 Å². The van der Waals surface area contributed by atoms with Crippen LogP contribution in [0.5, 0.6) is 5.75 Å². The highest BCUT2D eigenvalue weighted by Gasteiger charge is 2.14. The van der Waals surface area contributed by atoms with E-state index in [2.05, 4.69) is 72.2 Å². The van der Waals surface area contributed by atoms with E-state index in [1.165, 1.54) is 5.69 Å². The molecule has 0 amide bonds. The summed E-state index contributed by atoms with van der Waals surface area (Å²) in [6, 6.07) is 10.2. The highest BCUT2D eigenvalue weighted by Crippen LogP contribution is 2.22. The predicted octanol–water partition coefficient (Wildman–Crippen LogP) is 4.30. The number of para-hydroxylation sites is 1. The van der Waals surface area contributed by atoms with Gasteiger partial charge in [0.05, 0.1) is 5.69 Å². The first-order chi connectivity index (χ1) is 13.2. The molecule has 0 fully saturated rings. The number of aliphatic imine (C=N–C) groups is 1. The molecule has 7 heteroatoms. The zero-order chi connectivity index (χ0) is 20.7. The lowest BCUT2D eigenvalue weighted by molar-refractivity contribution is 0.129. The smallest absolute Gasteiger partial charge is 0.191 e. The molecule has 1 aromatic carbocycles. The predicted molar refractivity (Wildman–Crippen MR) is 131 cm³/mol. The van der Waals surface area contributed by atoms with E-state index in [-0.39, 0.29) is 29.6 Å². The molecular formula is C22H36IN5O. The fourth-order valence-electron chi connectivity index (χ4n) is 2.97. The van der Waals surface area contributed by atoms with Crippen molar-refractivity contribution in [1.82, 2.24) is 20.4 Å². The summed E-state index contributed by atoms with van der Waals surface area (Å²) in [5, 5.41) is 11.3. The minimum atomic E-state index is -0.228. The Kier molecular flexibility index (Phi) is 9.95. The molecule has 2 N–H and O–H groups in total. The second-order valence-corrected chi connectivity index (χ2v) is 8.34. The lowest BCUT2D eigenvalue weighted by atomic mass is 10.1. The Morgan fingerprint density at radius 2 is 1.90 bits per heavy atom. The lowest BCUT2D eigenvalue weighted by Gasteiger charge is -2.23. The van der Waals surface area contributed by atoms with Crippen molar-refractivity contribution >= 4 is 29.9 Å². The van der Waals surface area contributed by atoms with E-state index in [4.69, 9.17) is 4.74 Å². The normalized spacial score (nSPS) is 12.9. The number of hydrogen-bond acceptors (Lipinski definition) is 3. The summed E-state index contributed by atoms with van der Waals surface area (Å²) in [4.78, 5) is 4.34. The topological polar surface area (TPSA) is 63.5 Å². The number of ether oxygens (including phenoxy) is 1. The summed E-state index contributed by atoms with van der Waals surface area (Å²) in [5.41, 5.74) is 3.14. The number of benzene rings is 1. The van der Waals surface area contributed by atoms with Crippen molar-refractivity contribution in [2.45, 2.75) is 60.2 Å². The molecule has 1 aromatic heterocycles. The fraction of sp³-hybridized carbons (Fsp3) is 0.545. The molecule has 0 bridgehead atoms. The molecule has 1 atom stereocenters. The Bertz CT molecular complexity index is 795. The second kappa shape index (κ2) is 11.4. The van der Waals surface area contributed by atoms with Gasteiger partial charge in [-0.25, -0.2) is 0 Å². The number of rotatable bonds is 7. The molecule has 0 aliphatic carbocycles. The first kappa shape index (κ1) is 25.3. The Labute approximate surface area is 192 Å². The van der Waals surface area contributed by atoms with Gasteiger partial charge in [0.25, 0.3) is 0 Å². The molecule has 29 heavy (non-hydrogen) atoms. The van der Waals surface area contributed by atoms with E-state index >= 15 is 0 Å². The van der Waals surface area contributed by atoms with Crippen molar-refractivity contribution < 1.29 is 4.74 Å². The van der Waals surface area contributed by atoms with Crippen LogP contribution < -0.4 is 15.4 Å². The summed E-state index contributed by atoms with van der Waals surface area (Å²) in [6.45, 7) is 14.9. The molecule has 0 aliphatic heterocycles. The van der Waals surface area contributed by atoms with Crippen LogP contribution in [-0.2, 0) is 13.1 Å². The number of aromatic nitrogens is 2. The van der Waals surface area contributed by atoms with Crippen LogP contribution in [-0.4, -0.2) is 34.9 Å². The minimum absolute atomic E-state index is 0. The first-order valence-corrected chi connectivity index (χ1v) is 9.90. The van der Waals surface area contributed by atoms with Crippen molar-refractivity contribution in [3.8, 4) is 5.75 Å². The fourth-order valence-corrected chi connectivity index (χ4v) is 2.97. The van der Waals surface area contributed by atoms with Gasteiger partial charge < -0.3 is 15.4 Å². The van der Waals surface area contributed by atoms with Gasteiger partial charge in [0.15, 0.2) is 5.96 Å². The average molecular weight is 513 g/mol. The maximum Gasteiger partial charge on any atom is 0.191 e. The molecule has 0 saturated heterocycles. The Morgan fingerprint density at radius 3 is 2.48 bits per heavy atom. The van der Waals surface area contributed by atoms with Crippen LogP contribution in [0.15, 0.2) is 35.3 Å². The molecule has 1 unspecified atom stereocenters. The van der Waals surface area contributed by atoms with Crippen LogP contribution in [0, 0.1) is 19.8 Å². The average Bonchev–Trinajstić information content (AvgIpc) is 2.92. The number of hydrogen-bond donors (Lipinski definition) is 2. The standard InChI is InChI=1S/C22H35N5O.HI/c1-16(15-27-18(3)12-17(2)26-27)13-24-21(23-7)25-14-19-10-8-9-11-20(19)28-22(4,5)6;/h8-12,16H,13-15H2,1-7H3,(H2,23,24,25);1H. The van der Waals surface area contributed by atoms with Crippen LogP contribution in [0.2, 0.25) is 0 Å². The Morgan fingerprint density at radius 1 is 1.21 bits per heavy atom. The van der Waals surface area contributed by atoms with Crippen LogP contribution >= 0.6 is 24.0 Å². The van der Waals surface area contributed by atoms with Gasteiger partial charge in [0.2, 0.25) is 0 Å². The summed E-state index contributed by atoms with van der Waals surface area (Å²) >= 11 is 0. The van der Waals surface area contributed by atoms with Crippen molar-refractivity contribution in [1.29, 1.82) is 0 Å². The van der Waals surface area contributed by atoms with Crippen molar-refractivity contribution in [2.24, 2.45) is 10.9 Å². The summed E-state index contributed by atoms with van der Waals surface area (Å²) < 4.78 is 8.13. The third kappa shape index (κ3) is 8.64. The summed E-state index contributed by atoms with van der Waals surface area (Å²) in [6.07, 6.45) is 0. The quantitative estimate of drug-likeness (QED) is 0.330. The van der Waals surface area contributed by atoms with Crippen LogP contribution in [0.1, 0.15) is 44.6 Å². The maximum absolute atomic E-state index is 6.07. The van der Waals surface area contributed by atoms with E-state index in [0.717, 1.165) is 36.1 Å². The van der Waals surface area contributed by atoms with E-state index in [1.807, 2.05) is 25.1 Å². The van der Waals surface area contributed by atoms with Crippen molar-refractivity contribution in [2.75, 3.05) is 13.6 Å². The van der Waals surface area contributed by atoms with Crippen LogP contribution in [0.3, 0.4) is 0 Å². The zero-order valence-electron chi connectivity index (χ0n) is 18.7. The lowest BCUT2D eigenvalue weighted by Crippen LogP contribution is -2.39. The monoisotopic (exact) mass is 513 g/mol. The number of nitrogens with zero attached hydrogens (tertiary/aromatic N) is 3. The third-order valence-corrected chi connectivity index (χ3v) is 4.26. The van der Waals surface area contributed by atoms with Gasteiger partial charge in [-0.15, -0.1) is 24.0 Å². The number of halogens is 1. The summed E-state index contributed by atoms with van der Waals surface area (Å²) in [7, 11) is 1.79. The second-order valence-electron chi connectivity index (χ2n) is 8.34. The van der Waals surface area contributed by atoms with Gasteiger partial charge in [-0.05, 0) is 52.7 Å².